The molecule has 0 aliphatic heterocycles. The van der Waals surface area contributed by atoms with E-state index in [1.807, 2.05) is 0 Å². The van der Waals surface area contributed by atoms with Gasteiger partial charge in [0.1, 0.15) is 10.7 Å². The first-order valence-electron chi connectivity index (χ1n) is 4.86. The zero-order chi connectivity index (χ0) is 11.9. The van der Waals surface area contributed by atoms with Crippen LogP contribution in [0.15, 0.2) is 27.6 Å². The van der Waals surface area contributed by atoms with Gasteiger partial charge < -0.3 is 0 Å². The first-order chi connectivity index (χ1) is 7.43. The van der Waals surface area contributed by atoms with Crippen molar-refractivity contribution in [1.82, 2.24) is 4.31 Å². The largest absolute Gasteiger partial charge is 0.245 e. The van der Waals surface area contributed by atoms with Crippen molar-refractivity contribution in [2.24, 2.45) is 0 Å². The molecule has 1 saturated carbocycles. The van der Waals surface area contributed by atoms with Gasteiger partial charge in [0.05, 0.1) is 0 Å². The van der Waals surface area contributed by atoms with E-state index in [-0.39, 0.29) is 10.9 Å². The summed E-state index contributed by atoms with van der Waals surface area (Å²) in [4.78, 5) is -0.259. The van der Waals surface area contributed by atoms with Crippen molar-refractivity contribution >= 4 is 26.0 Å². The highest BCUT2D eigenvalue weighted by Gasteiger charge is 2.36. The molecule has 1 aromatic carbocycles. The van der Waals surface area contributed by atoms with E-state index in [9.17, 15) is 12.8 Å². The summed E-state index contributed by atoms with van der Waals surface area (Å²) < 4.78 is 39.4. The first kappa shape index (κ1) is 12.0. The van der Waals surface area contributed by atoms with Crippen LogP contribution in [0, 0.1) is 5.82 Å². The van der Waals surface area contributed by atoms with Crippen LogP contribution in [-0.4, -0.2) is 25.8 Å². The van der Waals surface area contributed by atoms with Crippen LogP contribution < -0.4 is 0 Å². The smallest absolute Gasteiger partial charge is 0.207 e. The van der Waals surface area contributed by atoms with Crippen LogP contribution in [0.4, 0.5) is 4.39 Å². The van der Waals surface area contributed by atoms with Gasteiger partial charge in [0.2, 0.25) is 10.0 Å². The van der Waals surface area contributed by atoms with Gasteiger partial charge in [0.25, 0.3) is 0 Å². The van der Waals surface area contributed by atoms with Crippen LogP contribution in [-0.2, 0) is 10.0 Å². The van der Waals surface area contributed by atoms with Gasteiger partial charge in [-0.1, -0.05) is 15.9 Å². The minimum atomic E-state index is -3.69. The normalized spacial score (nSPS) is 16.8. The minimum absolute atomic E-state index is 0.0352. The minimum Gasteiger partial charge on any atom is -0.207 e. The molecule has 0 aromatic heterocycles. The van der Waals surface area contributed by atoms with Crippen LogP contribution in [0.3, 0.4) is 0 Å². The van der Waals surface area contributed by atoms with Gasteiger partial charge in [0.15, 0.2) is 0 Å². The Hall–Kier alpha value is -0.460. The molecule has 2 rings (SSSR count). The lowest BCUT2D eigenvalue weighted by Crippen LogP contribution is -2.29. The van der Waals surface area contributed by atoms with Gasteiger partial charge in [-0.2, -0.15) is 4.31 Å². The number of hydrogen-bond acceptors (Lipinski definition) is 2. The molecule has 0 N–H and O–H groups in total. The lowest BCUT2D eigenvalue weighted by Gasteiger charge is -2.16. The molecule has 0 bridgehead atoms. The molecule has 6 heteroatoms. The van der Waals surface area contributed by atoms with Crippen LogP contribution in [0.2, 0.25) is 0 Å². The fourth-order valence-corrected chi connectivity index (χ4v) is 3.27. The third-order valence-electron chi connectivity index (χ3n) is 2.61. The molecular weight excluding hydrogens is 297 g/mol. The molecular formula is C10H11BrFNO2S. The molecule has 1 aliphatic carbocycles. The van der Waals surface area contributed by atoms with E-state index in [4.69, 9.17) is 0 Å². The number of sulfonamides is 1. The Morgan fingerprint density at radius 3 is 2.56 bits per heavy atom. The van der Waals surface area contributed by atoms with Crippen LogP contribution in [0.5, 0.6) is 0 Å². The van der Waals surface area contributed by atoms with Crippen LogP contribution >= 0.6 is 15.9 Å². The van der Waals surface area contributed by atoms with Gasteiger partial charge in [-0.15, -0.1) is 0 Å². The fourth-order valence-electron chi connectivity index (χ4n) is 1.47. The number of nitrogens with zero attached hydrogens (tertiary/aromatic N) is 1. The highest BCUT2D eigenvalue weighted by Crippen LogP contribution is 2.31. The van der Waals surface area contributed by atoms with Crippen molar-refractivity contribution in [2.75, 3.05) is 7.05 Å². The first-order valence-corrected chi connectivity index (χ1v) is 7.09. The zero-order valence-corrected chi connectivity index (χ0v) is 11.1. The van der Waals surface area contributed by atoms with Crippen molar-refractivity contribution in [3.8, 4) is 0 Å². The molecule has 0 amide bonds. The predicted molar refractivity (Wildman–Crippen MR) is 62.1 cm³/mol. The summed E-state index contributed by atoms with van der Waals surface area (Å²) in [5, 5.41) is 0. The van der Waals surface area contributed by atoms with E-state index < -0.39 is 15.8 Å². The summed E-state index contributed by atoms with van der Waals surface area (Å²) >= 11 is 3.09. The maximum Gasteiger partial charge on any atom is 0.245 e. The SMILES string of the molecule is CN(C1CC1)S(=O)(=O)c1ccc(Br)cc1F. The zero-order valence-electron chi connectivity index (χ0n) is 8.65. The summed E-state index contributed by atoms with van der Waals surface area (Å²) in [6.07, 6.45) is 1.71. The maximum atomic E-state index is 13.6. The van der Waals surface area contributed by atoms with E-state index in [0.29, 0.717) is 4.47 Å². The molecule has 88 valence electrons. The third kappa shape index (κ3) is 2.14. The molecule has 1 aromatic rings. The van der Waals surface area contributed by atoms with Crippen LogP contribution in [0.1, 0.15) is 12.8 Å². The molecule has 1 aliphatic rings. The summed E-state index contributed by atoms with van der Waals surface area (Å²) in [6.45, 7) is 0. The second kappa shape index (κ2) is 4.09. The number of benzene rings is 1. The van der Waals surface area contributed by atoms with Crippen LogP contribution in [0.25, 0.3) is 0 Å². The summed E-state index contributed by atoms with van der Waals surface area (Å²) in [6, 6.07) is 4.01. The average molecular weight is 308 g/mol. The second-order valence-corrected chi connectivity index (χ2v) is 6.71. The molecule has 16 heavy (non-hydrogen) atoms. The van der Waals surface area contributed by atoms with Gasteiger partial charge in [-0.3, -0.25) is 0 Å². The van der Waals surface area contributed by atoms with Gasteiger partial charge in [-0.25, -0.2) is 12.8 Å². The third-order valence-corrected chi connectivity index (χ3v) is 5.05. The molecule has 0 unspecified atom stereocenters. The lowest BCUT2D eigenvalue weighted by atomic mass is 10.3. The van der Waals surface area contributed by atoms with Crippen molar-refractivity contribution in [3.05, 3.63) is 28.5 Å². The maximum absolute atomic E-state index is 13.6. The van der Waals surface area contributed by atoms with Crippen molar-refractivity contribution in [1.29, 1.82) is 0 Å². The van der Waals surface area contributed by atoms with Crippen molar-refractivity contribution in [2.45, 2.75) is 23.8 Å². The highest BCUT2D eigenvalue weighted by atomic mass is 79.9. The molecule has 0 heterocycles. The highest BCUT2D eigenvalue weighted by molar-refractivity contribution is 9.10. The molecule has 1 fully saturated rings. The monoisotopic (exact) mass is 307 g/mol. The lowest BCUT2D eigenvalue weighted by molar-refractivity contribution is 0.457. The summed E-state index contributed by atoms with van der Waals surface area (Å²) in [7, 11) is -2.19. The van der Waals surface area contributed by atoms with Crippen molar-refractivity contribution in [3.63, 3.8) is 0 Å². The summed E-state index contributed by atoms with van der Waals surface area (Å²) in [5.41, 5.74) is 0. The van der Waals surface area contributed by atoms with E-state index in [1.54, 1.807) is 0 Å². The van der Waals surface area contributed by atoms with E-state index in [2.05, 4.69) is 15.9 Å². The number of hydrogen-bond donors (Lipinski definition) is 0. The second-order valence-electron chi connectivity index (χ2n) is 3.83. The molecule has 0 radical (unpaired) electrons. The Morgan fingerprint density at radius 1 is 1.44 bits per heavy atom. The Balaban J connectivity index is 2.42. The quantitative estimate of drug-likeness (QED) is 0.860. The Morgan fingerprint density at radius 2 is 2.06 bits per heavy atom. The van der Waals surface area contributed by atoms with Gasteiger partial charge >= 0.3 is 0 Å². The number of halogens is 2. The number of rotatable bonds is 3. The summed E-state index contributed by atoms with van der Waals surface area (Å²) in [5.74, 6) is -0.720. The average Bonchev–Trinajstić information content (AvgIpc) is 2.98. The predicted octanol–water partition coefficient (Wildman–Crippen LogP) is 2.37. The van der Waals surface area contributed by atoms with Gasteiger partial charge in [0, 0.05) is 17.6 Å². The fraction of sp³-hybridized carbons (Fsp3) is 0.400. The van der Waals surface area contributed by atoms with E-state index in [1.165, 1.54) is 23.5 Å². The Labute approximate surface area is 102 Å². The molecule has 3 nitrogen and oxygen atoms in total. The molecule has 0 spiro atoms. The Bertz CT molecular complexity index is 514. The Kier molecular flexibility index (Phi) is 3.07. The topological polar surface area (TPSA) is 37.4 Å². The standard InChI is InChI=1S/C10H11BrFNO2S/c1-13(8-3-4-8)16(14,15)10-5-2-7(11)6-9(10)12/h2,5-6,8H,3-4H2,1H3. The van der Waals surface area contributed by atoms with E-state index in [0.717, 1.165) is 18.9 Å². The van der Waals surface area contributed by atoms with Gasteiger partial charge in [-0.05, 0) is 31.0 Å². The molecule has 0 saturated heterocycles. The molecule has 0 atom stereocenters. The van der Waals surface area contributed by atoms with Crippen molar-refractivity contribution < 1.29 is 12.8 Å². The van der Waals surface area contributed by atoms with E-state index >= 15 is 0 Å².